The average molecular weight is 882 g/mol. The number of carboxylic acids is 1. The summed E-state index contributed by atoms with van der Waals surface area (Å²) in [4.78, 5) is 46.0. The van der Waals surface area contributed by atoms with Crippen LogP contribution in [-0.4, -0.2) is 71.1 Å². The molecule has 0 saturated carbocycles. The highest BCUT2D eigenvalue weighted by Gasteiger charge is 2.28. The number of hydrogen-bond acceptors (Lipinski definition) is 10. The highest BCUT2D eigenvalue weighted by Crippen LogP contribution is 2.43. The van der Waals surface area contributed by atoms with Gasteiger partial charge in [-0.1, -0.05) is 190 Å². The molecule has 1 unspecified atom stereocenters. The molecule has 0 aliphatic carbocycles. The summed E-state index contributed by atoms with van der Waals surface area (Å²) >= 11 is 0. The van der Waals surface area contributed by atoms with E-state index < -0.39 is 57.2 Å². The minimum atomic E-state index is -4.74. The molecule has 0 radical (unpaired) electrons. The van der Waals surface area contributed by atoms with Crippen LogP contribution in [0.4, 0.5) is 0 Å². The van der Waals surface area contributed by atoms with Gasteiger partial charge in [0.2, 0.25) is 0 Å². The molecule has 13 heteroatoms. The van der Waals surface area contributed by atoms with Gasteiger partial charge in [0.1, 0.15) is 12.6 Å². The van der Waals surface area contributed by atoms with Gasteiger partial charge in [0.05, 0.1) is 19.3 Å². The van der Waals surface area contributed by atoms with E-state index in [0.717, 1.165) is 38.5 Å². The average Bonchev–Trinajstić information content (AvgIpc) is 3.24. The molecule has 0 aromatic rings. The largest absolute Gasteiger partial charge is 0.480 e. The Labute approximate surface area is 369 Å². The van der Waals surface area contributed by atoms with Crippen LogP contribution in [0.2, 0.25) is 0 Å². The number of carbonyl (C=O) groups is 3. The number of carbonyl (C=O) groups excluding carboxylic acids is 2. The zero-order chi connectivity index (χ0) is 45.1. The van der Waals surface area contributed by atoms with Crippen molar-refractivity contribution in [3.63, 3.8) is 0 Å². The van der Waals surface area contributed by atoms with E-state index >= 15 is 0 Å². The molecule has 0 amide bonds. The van der Waals surface area contributed by atoms with Gasteiger partial charge in [-0.15, -0.1) is 0 Å². The second-order valence-corrected chi connectivity index (χ2v) is 17.2. The van der Waals surface area contributed by atoms with Crippen molar-refractivity contribution in [2.75, 3.05) is 19.8 Å². The zero-order valence-electron chi connectivity index (χ0n) is 37.9. The topological polar surface area (TPSA) is 192 Å². The van der Waals surface area contributed by atoms with Crippen LogP contribution >= 0.6 is 7.82 Å². The first kappa shape index (κ1) is 58.1. The van der Waals surface area contributed by atoms with Gasteiger partial charge < -0.3 is 30.3 Å². The lowest BCUT2D eigenvalue weighted by atomic mass is 10.0. The quantitative estimate of drug-likeness (QED) is 0.0149. The first-order chi connectivity index (χ1) is 29.5. The van der Waals surface area contributed by atoms with Gasteiger partial charge in [-0.25, -0.2) is 4.57 Å². The molecule has 0 fully saturated rings. The van der Waals surface area contributed by atoms with E-state index in [-0.39, 0.29) is 19.4 Å². The molecule has 61 heavy (non-hydrogen) atoms. The van der Waals surface area contributed by atoms with Gasteiger partial charge in [0, 0.05) is 12.8 Å². The summed E-state index contributed by atoms with van der Waals surface area (Å²) in [7, 11) is -4.74. The van der Waals surface area contributed by atoms with Crippen molar-refractivity contribution < 1.29 is 52.6 Å². The van der Waals surface area contributed by atoms with E-state index in [4.69, 9.17) is 24.8 Å². The Morgan fingerprint density at radius 2 is 1.05 bits per heavy atom. The van der Waals surface area contributed by atoms with Crippen LogP contribution in [0.1, 0.15) is 187 Å². The molecule has 0 bridgehead atoms. The van der Waals surface area contributed by atoms with Crippen LogP contribution in [0.5, 0.6) is 0 Å². The van der Waals surface area contributed by atoms with Crippen molar-refractivity contribution in [2.45, 2.75) is 205 Å². The van der Waals surface area contributed by atoms with Gasteiger partial charge in [-0.05, 0) is 44.9 Å². The van der Waals surface area contributed by atoms with Crippen LogP contribution in [0, 0.1) is 0 Å². The van der Waals surface area contributed by atoms with Crippen LogP contribution in [0.15, 0.2) is 60.8 Å². The lowest BCUT2D eigenvalue weighted by molar-refractivity contribution is -0.161. The van der Waals surface area contributed by atoms with Crippen LogP contribution in [0.3, 0.4) is 0 Å². The number of nitrogens with two attached hydrogens (primary N) is 1. The van der Waals surface area contributed by atoms with Crippen LogP contribution < -0.4 is 5.73 Å². The fraction of sp³-hybridized carbons (Fsp3) is 0.729. The molecule has 12 nitrogen and oxygen atoms in total. The number of allylic oxidation sites excluding steroid dienone is 9. The van der Waals surface area contributed by atoms with E-state index in [1.54, 1.807) is 6.08 Å². The number of phosphoric acid groups is 1. The van der Waals surface area contributed by atoms with Crippen molar-refractivity contribution >= 4 is 25.7 Å². The molecular formula is C48H84NO11P. The molecule has 0 aliphatic rings. The SMILES string of the molecule is CCCCCCCCCCCCCCCCCCCCCC(=O)OC[C@H](COP(=O)(O)OC[C@H](N)C(=O)O)OC(=O)CCC/C=C\C/C=C\C/C=C\C/C=C\C=C\[C@H](O)CC. The maximum atomic E-state index is 12.6. The summed E-state index contributed by atoms with van der Waals surface area (Å²) < 4.78 is 32.7. The maximum Gasteiger partial charge on any atom is 0.472 e. The molecule has 352 valence electrons. The monoisotopic (exact) mass is 882 g/mol. The third-order valence-electron chi connectivity index (χ3n) is 9.94. The Hall–Kier alpha value is -2.86. The first-order valence-electron chi connectivity index (χ1n) is 23.4. The lowest BCUT2D eigenvalue weighted by Gasteiger charge is -2.20. The Balaban J connectivity index is 4.40. The first-order valence-corrected chi connectivity index (χ1v) is 24.9. The Kier molecular flexibility index (Phi) is 40.5. The highest BCUT2D eigenvalue weighted by atomic mass is 31.2. The summed E-state index contributed by atoms with van der Waals surface area (Å²) in [6.45, 7) is 2.43. The van der Waals surface area contributed by atoms with E-state index in [9.17, 15) is 28.9 Å². The van der Waals surface area contributed by atoms with E-state index in [1.807, 2.05) is 37.3 Å². The zero-order valence-corrected chi connectivity index (χ0v) is 38.7. The minimum absolute atomic E-state index is 0.0684. The summed E-state index contributed by atoms with van der Waals surface area (Å²) in [6.07, 6.45) is 46.7. The van der Waals surface area contributed by atoms with Gasteiger partial charge in [-0.3, -0.25) is 23.4 Å². The van der Waals surface area contributed by atoms with Gasteiger partial charge in [-0.2, -0.15) is 0 Å². The number of rotatable bonds is 43. The number of esters is 2. The van der Waals surface area contributed by atoms with Crippen LogP contribution in [0.25, 0.3) is 0 Å². The third-order valence-corrected chi connectivity index (χ3v) is 10.9. The third kappa shape index (κ3) is 42.2. The number of aliphatic hydroxyl groups excluding tert-OH is 1. The maximum absolute atomic E-state index is 12.6. The molecular weight excluding hydrogens is 797 g/mol. The summed E-state index contributed by atoms with van der Waals surface area (Å²) in [5.41, 5.74) is 5.33. The fourth-order valence-electron chi connectivity index (χ4n) is 6.11. The predicted molar refractivity (Wildman–Crippen MR) is 246 cm³/mol. The Bertz CT molecular complexity index is 1280. The number of ether oxygens (including phenoxy) is 2. The predicted octanol–water partition coefficient (Wildman–Crippen LogP) is 11.7. The van der Waals surface area contributed by atoms with Gasteiger partial charge >= 0.3 is 25.7 Å². The highest BCUT2D eigenvalue weighted by molar-refractivity contribution is 7.47. The second kappa shape index (κ2) is 42.4. The summed E-state index contributed by atoms with van der Waals surface area (Å²) in [5.74, 6) is -2.48. The number of aliphatic carboxylic acids is 1. The summed E-state index contributed by atoms with van der Waals surface area (Å²) in [5, 5.41) is 18.4. The lowest BCUT2D eigenvalue weighted by Crippen LogP contribution is -2.34. The molecule has 5 N–H and O–H groups in total. The molecule has 4 atom stereocenters. The molecule has 0 heterocycles. The molecule has 0 aromatic heterocycles. The van der Waals surface area contributed by atoms with Crippen molar-refractivity contribution in [3.8, 4) is 0 Å². The number of aliphatic hydroxyl groups is 1. The fourth-order valence-corrected chi connectivity index (χ4v) is 6.89. The van der Waals surface area contributed by atoms with Crippen molar-refractivity contribution in [2.24, 2.45) is 5.73 Å². The van der Waals surface area contributed by atoms with E-state index in [1.165, 1.54) is 96.3 Å². The van der Waals surface area contributed by atoms with Crippen LogP contribution in [-0.2, 0) is 37.5 Å². The van der Waals surface area contributed by atoms with Crippen molar-refractivity contribution in [1.82, 2.24) is 0 Å². The number of phosphoric ester groups is 1. The number of unbranched alkanes of at least 4 members (excludes halogenated alkanes) is 19. The smallest absolute Gasteiger partial charge is 0.472 e. The van der Waals surface area contributed by atoms with Crippen molar-refractivity contribution in [1.29, 1.82) is 0 Å². The molecule has 0 spiro atoms. The normalized spacial score (nSPS) is 14.7. The number of hydrogen-bond donors (Lipinski definition) is 4. The minimum Gasteiger partial charge on any atom is -0.480 e. The Morgan fingerprint density at radius 3 is 1.56 bits per heavy atom. The van der Waals surface area contributed by atoms with E-state index in [2.05, 4.69) is 35.8 Å². The Morgan fingerprint density at radius 1 is 0.590 bits per heavy atom. The molecule has 0 aromatic carbocycles. The molecule has 0 saturated heterocycles. The standard InChI is InChI=1S/C48H84NO11P/c1-3-5-6-7-8-9-10-11-12-13-14-15-16-20-23-26-29-32-35-38-46(51)57-40-44(41-58-61(55,56)59-42-45(49)48(53)54)60-47(52)39-36-33-30-27-24-21-18-17-19-22-25-28-31-34-37-43(50)4-2/h18-19,21-22,27-28,30-31,34,37,43-45,50H,3-17,20,23-26,29,32-33,35-36,38-42,49H2,1-2H3,(H,53,54)(H,55,56)/b21-18-,22-19-,30-27-,31-28-,37-34+/t43-,44-,45+/m1/s1. The second-order valence-electron chi connectivity index (χ2n) is 15.7. The van der Waals surface area contributed by atoms with Gasteiger partial charge in [0.15, 0.2) is 6.10 Å². The van der Waals surface area contributed by atoms with Crippen molar-refractivity contribution in [3.05, 3.63) is 60.8 Å². The summed E-state index contributed by atoms with van der Waals surface area (Å²) in [6, 6.07) is -1.54. The molecule has 0 aliphatic heterocycles. The molecule has 0 rings (SSSR count). The van der Waals surface area contributed by atoms with E-state index in [0.29, 0.717) is 25.7 Å². The van der Waals surface area contributed by atoms with Gasteiger partial charge in [0.25, 0.3) is 0 Å². The number of carboxylic acid groups (broad SMARTS) is 1.